The Morgan fingerprint density at radius 2 is 1.97 bits per heavy atom. The molecule has 0 spiro atoms. The van der Waals surface area contributed by atoms with E-state index in [-0.39, 0.29) is 13.2 Å². The van der Waals surface area contributed by atoms with Gasteiger partial charge in [0.2, 0.25) is 0 Å². The van der Waals surface area contributed by atoms with E-state index in [0.29, 0.717) is 22.4 Å². The number of aldehydes is 1. The molecule has 4 rings (SSSR count). The Balaban J connectivity index is 2.00. The number of ether oxygens (including phenoxy) is 3. The number of para-hydroxylation sites is 1. The molecule has 0 aliphatic carbocycles. The van der Waals surface area contributed by atoms with Crippen LogP contribution < -0.4 is 4.74 Å². The summed E-state index contributed by atoms with van der Waals surface area (Å²) >= 11 is 0. The Hall–Kier alpha value is -3.18. The highest BCUT2D eigenvalue weighted by molar-refractivity contribution is 5.97. The number of carbonyl (C=O) groups is 1. The van der Waals surface area contributed by atoms with Gasteiger partial charge in [-0.25, -0.2) is 0 Å². The van der Waals surface area contributed by atoms with Crippen LogP contribution in [0.15, 0.2) is 48.7 Å². The molecule has 3 aromatic rings. The molecule has 30 heavy (non-hydrogen) atoms. The Kier molecular flexibility index (Phi) is 5.31. The molecule has 7 nitrogen and oxygen atoms in total. The van der Waals surface area contributed by atoms with Crippen LogP contribution in [0.4, 0.5) is 0 Å². The van der Waals surface area contributed by atoms with Gasteiger partial charge in [-0.05, 0) is 24.3 Å². The minimum atomic E-state index is -1.16. The number of methoxy groups -OCH3 is 2. The van der Waals surface area contributed by atoms with E-state index in [9.17, 15) is 15.2 Å². The average Bonchev–Trinajstić information content (AvgIpc) is 3.13. The third kappa shape index (κ3) is 3.06. The maximum Gasteiger partial charge on any atom is 0.183 e. The number of carbonyl (C=O) groups excluding carboxylic acids is 1. The Labute approximate surface area is 174 Å². The van der Waals surface area contributed by atoms with Crippen LogP contribution in [-0.2, 0) is 9.47 Å². The fraction of sp³-hybridized carbons (Fsp3) is 0.304. The maximum absolute atomic E-state index is 11.7. The number of aliphatic hydroxyl groups excluding tert-OH is 1. The zero-order valence-corrected chi connectivity index (χ0v) is 16.7. The number of aromatic nitrogens is 1. The molecule has 7 heteroatoms. The van der Waals surface area contributed by atoms with Crippen molar-refractivity contribution < 1.29 is 24.1 Å². The van der Waals surface area contributed by atoms with Crippen molar-refractivity contribution in [1.82, 2.24) is 4.57 Å². The molecule has 1 N–H and O–H groups in total. The van der Waals surface area contributed by atoms with Gasteiger partial charge in [-0.15, -0.1) is 0 Å². The molecule has 0 fully saturated rings. The van der Waals surface area contributed by atoms with E-state index in [1.807, 2.05) is 28.8 Å². The molecule has 0 amide bonds. The first kappa shape index (κ1) is 20.1. The van der Waals surface area contributed by atoms with E-state index in [2.05, 4.69) is 6.07 Å². The number of fused-ring (bicyclic) bond motifs is 2. The average molecular weight is 406 g/mol. The summed E-state index contributed by atoms with van der Waals surface area (Å²) in [7, 11) is 3.07. The molecule has 0 radical (unpaired) electrons. The predicted octanol–water partition coefficient (Wildman–Crippen LogP) is 2.70. The normalized spacial score (nSPS) is 19.7. The second-order valence-electron chi connectivity index (χ2n) is 7.41. The topological polar surface area (TPSA) is 93.7 Å². The minimum Gasteiger partial charge on any atom is -0.479 e. The number of aliphatic hydroxyl groups is 1. The van der Waals surface area contributed by atoms with Gasteiger partial charge in [-0.3, -0.25) is 4.79 Å². The highest BCUT2D eigenvalue weighted by Gasteiger charge is 2.51. The maximum atomic E-state index is 11.7. The smallest absolute Gasteiger partial charge is 0.183 e. The minimum absolute atomic E-state index is 0.0949. The zero-order valence-electron chi connectivity index (χ0n) is 16.7. The quantitative estimate of drug-likeness (QED) is 0.633. The van der Waals surface area contributed by atoms with Gasteiger partial charge in [0.25, 0.3) is 0 Å². The number of nitrogens with zero attached hydrogens (tertiary/aromatic N) is 2. The summed E-state index contributed by atoms with van der Waals surface area (Å²) in [5, 5.41) is 21.8. The summed E-state index contributed by atoms with van der Waals surface area (Å²) < 4.78 is 18.8. The predicted molar refractivity (Wildman–Crippen MR) is 110 cm³/mol. The molecule has 1 aromatic heterocycles. The second kappa shape index (κ2) is 7.92. The first-order chi connectivity index (χ1) is 14.6. The third-order valence-electron chi connectivity index (χ3n) is 5.58. The van der Waals surface area contributed by atoms with Gasteiger partial charge >= 0.3 is 0 Å². The van der Waals surface area contributed by atoms with E-state index in [1.165, 1.54) is 14.2 Å². The molecule has 0 saturated heterocycles. The van der Waals surface area contributed by atoms with Gasteiger partial charge in [0.05, 0.1) is 30.9 Å². The highest BCUT2D eigenvalue weighted by atomic mass is 16.6. The summed E-state index contributed by atoms with van der Waals surface area (Å²) in [6.45, 7) is 0.190. The lowest BCUT2D eigenvalue weighted by molar-refractivity contribution is -0.147. The lowest BCUT2D eigenvalue weighted by atomic mass is 9.84. The second-order valence-corrected chi connectivity index (χ2v) is 7.41. The first-order valence-corrected chi connectivity index (χ1v) is 9.52. The third-order valence-corrected chi connectivity index (χ3v) is 5.58. The van der Waals surface area contributed by atoms with Gasteiger partial charge in [0.1, 0.15) is 11.9 Å². The summed E-state index contributed by atoms with van der Waals surface area (Å²) in [6, 6.07) is 14.1. The van der Waals surface area contributed by atoms with Crippen LogP contribution >= 0.6 is 0 Å². The number of hydrogen-bond acceptors (Lipinski definition) is 6. The molecule has 0 bridgehead atoms. The Morgan fingerprint density at radius 1 is 1.23 bits per heavy atom. The van der Waals surface area contributed by atoms with Crippen molar-refractivity contribution >= 4 is 17.2 Å². The summed E-state index contributed by atoms with van der Waals surface area (Å²) in [6.07, 6.45) is 1.45. The zero-order chi connectivity index (χ0) is 21.3. The van der Waals surface area contributed by atoms with Crippen molar-refractivity contribution in [1.29, 1.82) is 5.26 Å². The number of benzene rings is 2. The van der Waals surface area contributed by atoms with Gasteiger partial charge in [-0.2, -0.15) is 5.26 Å². The standard InChI is InChI=1S/C23H22N2O5/c1-28-13-23(14-29-2)22(27)21(18-9-15(10-24)7-8-20(18)30-23)25-11-16(12-26)17-5-3-4-6-19(17)25/h3-9,11-12,21-22,27H,13-14H2,1-2H3/t21-,22+/m1/s1. The van der Waals surface area contributed by atoms with Crippen molar-refractivity contribution in [2.24, 2.45) is 0 Å². The molecule has 2 aromatic carbocycles. The number of hydrogen-bond donors (Lipinski definition) is 1. The Bertz CT molecular complexity index is 1120. The van der Waals surface area contributed by atoms with Gasteiger partial charge in [0, 0.05) is 42.4 Å². The van der Waals surface area contributed by atoms with Crippen LogP contribution in [0, 0.1) is 11.3 Å². The Morgan fingerprint density at radius 3 is 2.63 bits per heavy atom. The molecule has 2 heterocycles. The van der Waals surface area contributed by atoms with Crippen molar-refractivity contribution in [2.45, 2.75) is 17.7 Å². The van der Waals surface area contributed by atoms with Crippen molar-refractivity contribution in [3.8, 4) is 11.8 Å². The highest BCUT2D eigenvalue weighted by Crippen LogP contribution is 2.44. The van der Waals surface area contributed by atoms with Gasteiger partial charge in [0.15, 0.2) is 11.9 Å². The van der Waals surface area contributed by atoms with Crippen LogP contribution in [0.3, 0.4) is 0 Å². The van der Waals surface area contributed by atoms with Crippen LogP contribution in [0.1, 0.15) is 27.5 Å². The molecule has 2 atom stereocenters. The SMILES string of the molecule is COCC1(COC)Oc2ccc(C#N)cc2[C@@H](n2cc(C=O)c3ccccc32)[C@@H]1O. The van der Waals surface area contributed by atoms with Crippen molar-refractivity contribution in [3.63, 3.8) is 0 Å². The molecule has 0 saturated carbocycles. The van der Waals surface area contributed by atoms with Gasteiger partial charge < -0.3 is 23.9 Å². The lowest BCUT2D eigenvalue weighted by Gasteiger charge is -2.46. The lowest BCUT2D eigenvalue weighted by Crippen LogP contribution is -2.60. The van der Waals surface area contributed by atoms with E-state index >= 15 is 0 Å². The number of nitriles is 1. The van der Waals surface area contributed by atoms with Gasteiger partial charge in [-0.1, -0.05) is 18.2 Å². The monoisotopic (exact) mass is 406 g/mol. The van der Waals surface area contributed by atoms with E-state index in [1.54, 1.807) is 24.4 Å². The molecule has 0 unspecified atom stereocenters. The van der Waals surface area contributed by atoms with E-state index in [0.717, 1.165) is 17.2 Å². The fourth-order valence-electron chi connectivity index (χ4n) is 4.30. The summed E-state index contributed by atoms with van der Waals surface area (Å²) in [5.74, 6) is 0.531. The molecular weight excluding hydrogens is 384 g/mol. The molecule has 1 aliphatic rings. The summed E-state index contributed by atoms with van der Waals surface area (Å²) in [4.78, 5) is 11.7. The first-order valence-electron chi connectivity index (χ1n) is 9.52. The van der Waals surface area contributed by atoms with Crippen LogP contribution in [0.2, 0.25) is 0 Å². The number of rotatable bonds is 6. The summed E-state index contributed by atoms with van der Waals surface area (Å²) in [5.41, 5.74) is 1.26. The molecule has 1 aliphatic heterocycles. The van der Waals surface area contributed by atoms with Crippen LogP contribution in [0.25, 0.3) is 10.9 Å². The van der Waals surface area contributed by atoms with E-state index < -0.39 is 17.7 Å². The van der Waals surface area contributed by atoms with Crippen LogP contribution in [0.5, 0.6) is 5.75 Å². The van der Waals surface area contributed by atoms with Crippen molar-refractivity contribution in [2.75, 3.05) is 27.4 Å². The fourth-order valence-corrected chi connectivity index (χ4v) is 4.30. The largest absolute Gasteiger partial charge is 0.479 e. The molecular formula is C23H22N2O5. The van der Waals surface area contributed by atoms with E-state index in [4.69, 9.17) is 14.2 Å². The molecule has 154 valence electrons. The van der Waals surface area contributed by atoms with Crippen molar-refractivity contribution in [3.05, 3.63) is 65.4 Å². The van der Waals surface area contributed by atoms with Crippen LogP contribution in [-0.4, -0.2) is 55.1 Å².